The van der Waals surface area contributed by atoms with E-state index in [1.165, 1.54) is 12.3 Å². The second-order valence-electron chi connectivity index (χ2n) is 7.23. The molecule has 8 heteroatoms. The highest BCUT2D eigenvalue weighted by atomic mass is 19.1. The summed E-state index contributed by atoms with van der Waals surface area (Å²) < 4.78 is 20.4. The summed E-state index contributed by atoms with van der Waals surface area (Å²) in [7, 11) is 0. The summed E-state index contributed by atoms with van der Waals surface area (Å²) >= 11 is 0. The van der Waals surface area contributed by atoms with E-state index in [4.69, 9.17) is 4.42 Å². The van der Waals surface area contributed by atoms with Gasteiger partial charge in [-0.05, 0) is 55.3 Å². The van der Waals surface area contributed by atoms with Gasteiger partial charge in [-0.1, -0.05) is 18.2 Å². The first-order chi connectivity index (χ1) is 14.9. The molecule has 0 spiro atoms. The molecule has 0 saturated carbocycles. The fourth-order valence-corrected chi connectivity index (χ4v) is 3.23. The van der Waals surface area contributed by atoms with Crippen molar-refractivity contribution < 1.29 is 18.4 Å². The molecule has 4 rings (SSSR count). The topological polar surface area (TPSA) is 88.6 Å². The van der Waals surface area contributed by atoms with Gasteiger partial charge < -0.3 is 15.1 Å². The van der Waals surface area contributed by atoms with Crippen LogP contribution in [0.2, 0.25) is 0 Å². The quantitative estimate of drug-likeness (QED) is 0.499. The van der Waals surface area contributed by atoms with Crippen molar-refractivity contribution in [2.75, 3.05) is 0 Å². The average molecular weight is 420 g/mol. The number of fused-ring (bicyclic) bond motifs is 1. The van der Waals surface area contributed by atoms with Crippen molar-refractivity contribution in [3.63, 3.8) is 0 Å². The Morgan fingerprint density at radius 3 is 2.58 bits per heavy atom. The fourth-order valence-electron chi connectivity index (χ4n) is 3.23. The molecule has 0 fully saturated rings. The number of furan rings is 1. The van der Waals surface area contributed by atoms with E-state index in [2.05, 4.69) is 15.6 Å². The lowest BCUT2D eigenvalue weighted by molar-refractivity contribution is 0.0933. The summed E-state index contributed by atoms with van der Waals surface area (Å²) in [5, 5.41) is 5.57. The average Bonchev–Trinajstić information content (AvgIpc) is 3.38. The van der Waals surface area contributed by atoms with E-state index in [9.17, 15) is 14.0 Å². The molecule has 3 aromatic heterocycles. The van der Waals surface area contributed by atoms with Crippen molar-refractivity contribution in [1.82, 2.24) is 20.0 Å². The number of amides is 2. The highest BCUT2D eigenvalue weighted by molar-refractivity contribution is 5.95. The molecule has 0 bridgehead atoms. The van der Waals surface area contributed by atoms with Gasteiger partial charge in [0.15, 0.2) is 0 Å². The summed E-state index contributed by atoms with van der Waals surface area (Å²) in [4.78, 5) is 29.5. The molecule has 3 heterocycles. The molecule has 0 aliphatic heterocycles. The lowest BCUT2D eigenvalue weighted by Gasteiger charge is -2.06. The molecule has 7 nitrogen and oxygen atoms in total. The Morgan fingerprint density at radius 1 is 1.03 bits per heavy atom. The fraction of sp³-hybridized carbons (Fsp3) is 0.174. The summed E-state index contributed by atoms with van der Waals surface area (Å²) in [6.07, 6.45) is 1.52. The highest BCUT2D eigenvalue weighted by Gasteiger charge is 2.16. The van der Waals surface area contributed by atoms with Crippen LogP contribution >= 0.6 is 0 Å². The number of carbonyl (C=O) groups is 2. The Labute approximate surface area is 177 Å². The summed E-state index contributed by atoms with van der Waals surface area (Å²) in [5.74, 6) is 0.435. The first-order valence-electron chi connectivity index (χ1n) is 9.75. The van der Waals surface area contributed by atoms with Gasteiger partial charge in [-0.25, -0.2) is 9.37 Å². The van der Waals surface area contributed by atoms with Crippen molar-refractivity contribution in [1.29, 1.82) is 0 Å². The number of nitrogens with one attached hydrogen (secondary N) is 2. The van der Waals surface area contributed by atoms with Gasteiger partial charge in [-0.2, -0.15) is 0 Å². The molecule has 0 aliphatic carbocycles. The van der Waals surface area contributed by atoms with Crippen LogP contribution in [0.3, 0.4) is 0 Å². The Bertz CT molecular complexity index is 1280. The smallest absolute Gasteiger partial charge is 0.271 e. The van der Waals surface area contributed by atoms with Crippen molar-refractivity contribution >= 4 is 17.5 Å². The standard InChI is InChI=1S/C23H21FN4O3/c1-14-10-16(7-9-18(14)24)11-25-22(29)19-13-28-20(4-3-5-21(28)27-19)23(30)26-12-17-8-6-15(2)31-17/h3-10,13H,11-12H2,1-2H3,(H,25,29)(H,26,30). The van der Waals surface area contributed by atoms with Crippen LogP contribution in [0, 0.1) is 19.7 Å². The minimum Gasteiger partial charge on any atom is -0.465 e. The molecule has 2 N–H and O–H groups in total. The number of imidazole rings is 1. The van der Waals surface area contributed by atoms with E-state index in [1.807, 2.05) is 13.0 Å². The maximum absolute atomic E-state index is 13.4. The van der Waals surface area contributed by atoms with Crippen molar-refractivity contribution in [2.24, 2.45) is 0 Å². The third-order valence-corrected chi connectivity index (χ3v) is 4.85. The Kier molecular flexibility index (Phi) is 5.53. The minimum absolute atomic E-state index is 0.181. The largest absolute Gasteiger partial charge is 0.465 e. The second kappa shape index (κ2) is 8.43. The predicted molar refractivity (Wildman–Crippen MR) is 112 cm³/mol. The van der Waals surface area contributed by atoms with E-state index in [0.29, 0.717) is 22.7 Å². The molecule has 1 aromatic carbocycles. The van der Waals surface area contributed by atoms with Gasteiger partial charge in [0.25, 0.3) is 11.8 Å². The van der Waals surface area contributed by atoms with Gasteiger partial charge in [0.1, 0.15) is 34.4 Å². The van der Waals surface area contributed by atoms with Crippen LogP contribution in [0.1, 0.15) is 43.6 Å². The van der Waals surface area contributed by atoms with Crippen LogP contribution in [-0.2, 0) is 13.1 Å². The third-order valence-electron chi connectivity index (χ3n) is 4.85. The second-order valence-corrected chi connectivity index (χ2v) is 7.23. The zero-order valence-electron chi connectivity index (χ0n) is 17.1. The molecule has 2 amide bonds. The van der Waals surface area contributed by atoms with Crippen molar-refractivity contribution in [3.8, 4) is 0 Å². The minimum atomic E-state index is -0.386. The zero-order chi connectivity index (χ0) is 22.0. The Hall–Kier alpha value is -3.94. The number of aryl methyl sites for hydroxylation is 2. The number of halogens is 1. The summed E-state index contributed by atoms with van der Waals surface area (Å²) in [5.41, 5.74) is 2.30. The molecule has 0 aliphatic rings. The number of benzene rings is 1. The third kappa shape index (κ3) is 4.48. The van der Waals surface area contributed by atoms with Gasteiger partial charge in [0.2, 0.25) is 0 Å². The first-order valence-corrected chi connectivity index (χ1v) is 9.75. The molecule has 158 valence electrons. The lowest BCUT2D eigenvalue weighted by atomic mass is 10.1. The normalized spacial score (nSPS) is 10.9. The number of rotatable bonds is 6. The van der Waals surface area contributed by atoms with Crippen LogP contribution in [0.15, 0.2) is 59.1 Å². The molecule has 4 aromatic rings. The van der Waals surface area contributed by atoms with E-state index in [0.717, 1.165) is 11.3 Å². The van der Waals surface area contributed by atoms with E-state index in [-0.39, 0.29) is 36.4 Å². The summed E-state index contributed by atoms with van der Waals surface area (Å²) in [6.45, 7) is 4.00. The van der Waals surface area contributed by atoms with Gasteiger partial charge in [0, 0.05) is 12.7 Å². The van der Waals surface area contributed by atoms with Gasteiger partial charge in [-0.3, -0.25) is 14.0 Å². The zero-order valence-corrected chi connectivity index (χ0v) is 17.1. The lowest BCUT2D eigenvalue weighted by Crippen LogP contribution is -2.24. The monoisotopic (exact) mass is 420 g/mol. The number of hydrogen-bond acceptors (Lipinski definition) is 4. The highest BCUT2D eigenvalue weighted by Crippen LogP contribution is 2.12. The number of aromatic nitrogens is 2. The van der Waals surface area contributed by atoms with Crippen LogP contribution in [0.5, 0.6) is 0 Å². The number of hydrogen-bond donors (Lipinski definition) is 2. The van der Waals surface area contributed by atoms with Crippen molar-refractivity contribution in [2.45, 2.75) is 26.9 Å². The number of carbonyl (C=O) groups excluding carboxylic acids is 2. The van der Waals surface area contributed by atoms with Crippen LogP contribution in [-0.4, -0.2) is 21.2 Å². The van der Waals surface area contributed by atoms with E-state index >= 15 is 0 Å². The summed E-state index contributed by atoms with van der Waals surface area (Å²) in [6, 6.07) is 13.4. The molecule has 0 saturated heterocycles. The predicted octanol–water partition coefficient (Wildman–Crippen LogP) is 3.54. The van der Waals surface area contributed by atoms with Crippen LogP contribution < -0.4 is 10.6 Å². The Balaban J connectivity index is 1.47. The van der Waals surface area contributed by atoms with Gasteiger partial charge >= 0.3 is 0 Å². The maximum Gasteiger partial charge on any atom is 0.271 e. The van der Waals surface area contributed by atoms with Gasteiger partial charge in [-0.15, -0.1) is 0 Å². The maximum atomic E-state index is 13.4. The van der Waals surface area contributed by atoms with Crippen molar-refractivity contribution in [3.05, 3.63) is 94.6 Å². The van der Waals surface area contributed by atoms with E-state index < -0.39 is 0 Å². The molecule has 0 radical (unpaired) electrons. The Morgan fingerprint density at radius 2 is 1.84 bits per heavy atom. The number of pyridine rings is 1. The van der Waals surface area contributed by atoms with Crippen LogP contribution in [0.25, 0.3) is 5.65 Å². The molecule has 31 heavy (non-hydrogen) atoms. The SMILES string of the molecule is Cc1ccc(CNC(=O)c2cccc3nc(C(=O)NCc4ccc(F)c(C)c4)cn23)o1. The molecule has 0 unspecified atom stereocenters. The van der Waals surface area contributed by atoms with Gasteiger partial charge in [0.05, 0.1) is 6.54 Å². The van der Waals surface area contributed by atoms with Crippen LogP contribution in [0.4, 0.5) is 4.39 Å². The number of nitrogens with zero attached hydrogens (tertiary/aromatic N) is 2. The molecular weight excluding hydrogens is 399 g/mol. The first kappa shape index (κ1) is 20.3. The molecular formula is C23H21FN4O3. The van der Waals surface area contributed by atoms with E-state index in [1.54, 1.807) is 47.7 Å². The molecule has 0 atom stereocenters.